The zero-order valence-electron chi connectivity index (χ0n) is 7.88. The van der Waals surface area contributed by atoms with Crippen LogP contribution >= 0.6 is 0 Å². The van der Waals surface area contributed by atoms with E-state index in [-0.39, 0.29) is 0 Å². The van der Waals surface area contributed by atoms with Gasteiger partial charge in [0.2, 0.25) is 0 Å². The molecule has 0 aliphatic heterocycles. The maximum absolute atomic E-state index is 8.48. The molecule has 0 aromatic heterocycles. The van der Waals surface area contributed by atoms with E-state index in [0.29, 0.717) is 17.2 Å². The molecule has 3 nitrogen and oxygen atoms in total. The van der Waals surface area contributed by atoms with Crippen LogP contribution in [0.25, 0.3) is 0 Å². The van der Waals surface area contributed by atoms with Gasteiger partial charge in [-0.3, -0.25) is 0 Å². The molecule has 0 spiro atoms. The van der Waals surface area contributed by atoms with Crippen LogP contribution in [0, 0.1) is 11.3 Å². The molecule has 0 aromatic rings. The quantitative estimate of drug-likeness (QED) is 0.273. The molecule has 1 rings (SSSR count). The van der Waals surface area contributed by atoms with E-state index in [0.717, 1.165) is 12.8 Å². The van der Waals surface area contributed by atoms with Gasteiger partial charge in [0.1, 0.15) is 5.84 Å². The summed E-state index contributed by atoms with van der Waals surface area (Å²) in [6, 6.07) is 0. The summed E-state index contributed by atoms with van der Waals surface area (Å²) in [4.78, 5) is 0. The van der Waals surface area contributed by atoms with Gasteiger partial charge in [0, 0.05) is 5.92 Å². The molecule has 0 radical (unpaired) electrons. The molecule has 1 fully saturated rings. The predicted octanol–water partition coefficient (Wildman–Crippen LogP) is 1.95. The minimum absolute atomic E-state index is 0.308. The second-order valence-corrected chi connectivity index (χ2v) is 4.46. The van der Waals surface area contributed by atoms with Crippen molar-refractivity contribution in [3.63, 3.8) is 0 Å². The van der Waals surface area contributed by atoms with Gasteiger partial charge in [-0.05, 0) is 31.1 Å². The smallest absolute Gasteiger partial charge is 0.142 e. The Morgan fingerprint density at radius 2 is 1.92 bits per heavy atom. The minimum atomic E-state index is 0.308. The van der Waals surface area contributed by atoms with Crippen LogP contribution in [0.5, 0.6) is 0 Å². The van der Waals surface area contributed by atoms with Gasteiger partial charge < -0.3 is 10.9 Å². The van der Waals surface area contributed by atoms with Crippen LogP contribution in [0.3, 0.4) is 0 Å². The van der Waals surface area contributed by atoms with Gasteiger partial charge in [-0.2, -0.15) is 0 Å². The lowest BCUT2D eigenvalue weighted by Crippen LogP contribution is -2.30. The van der Waals surface area contributed by atoms with Crippen LogP contribution < -0.4 is 5.73 Å². The van der Waals surface area contributed by atoms with Crippen LogP contribution in [0.1, 0.15) is 39.5 Å². The third-order valence-electron chi connectivity index (χ3n) is 2.87. The summed E-state index contributed by atoms with van der Waals surface area (Å²) in [6.45, 7) is 4.55. The van der Waals surface area contributed by atoms with Crippen molar-refractivity contribution in [2.75, 3.05) is 0 Å². The normalized spacial score (nSPS) is 25.7. The van der Waals surface area contributed by atoms with E-state index in [1.807, 2.05) is 0 Å². The summed E-state index contributed by atoms with van der Waals surface area (Å²) in [6.07, 6.45) is 4.47. The molecule has 1 aliphatic rings. The third-order valence-corrected chi connectivity index (χ3v) is 2.87. The first-order valence-corrected chi connectivity index (χ1v) is 4.52. The first-order valence-electron chi connectivity index (χ1n) is 4.52. The number of amidine groups is 1. The van der Waals surface area contributed by atoms with Crippen molar-refractivity contribution >= 4 is 5.84 Å². The fourth-order valence-corrected chi connectivity index (χ4v) is 1.78. The third kappa shape index (κ3) is 2.13. The molecule has 0 saturated heterocycles. The second-order valence-electron chi connectivity index (χ2n) is 4.46. The zero-order chi connectivity index (χ0) is 9.19. The van der Waals surface area contributed by atoms with E-state index in [9.17, 15) is 0 Å². The molecule has 3 heteroatoms. The number of rotatable bonds is 1. The highest BCUT2D eigenvalue weighted by atomic mass is 16.4. The fourth-order valence-electron chi connectivity index (χ4n) is 1.78. The zero-order valence-corrected chi connectivity index (χ0v) is 7.88. The average Bonchev–Trinajstić information content (AvgIpc) is 2.03. The molecule has 1 saturated carbocycles. The maximum Gasteiger partial charge on any atom is 0.142 e. The highest BCUT2D eigenvalue weighted by Gasteiger charge is 2.28. The van der Waals surface area contributed by atoms with Gasteiger partial charge in [0.15, 0.2) is 0 Å². The summed E-state index contributed by atoms with van der Waals surface area (Å²) in [5, 5.41) is 11.5. The van der Waals surface area contributed by atoms with E-state index in [2.05, 4.69) is 19.0 Å². The Hall–Kier alpha value is -0.730. The van der Waals surface area contributed by atoms with Gasteiger partial charge in [-0.1, -0.05) is 19.0 Å². The van der Waals surface area contributed by atoms with Crippen molar-refractivity contribution < 1.29 is 5.21 Å². The van der Waals surface area contributed by atoms with Crippen molar-refractivity contribution in [2.45, 2.75) is 39.5 Å². The lowest BCUT2D eigenvalue weighted by molar-refractivity contribution is 0.216. The summed E-state index contributed by atoms with van der Waals surface area (Å²) in [5.41, 5.74) is 5.99. The first-order chi connectivity index (χ1) is 5.55. The van der Waals surface area contributed by atoms with Gasteiger partial charge in [0.05, 0.1) is 0 Å². The Bertz CT molecular complexity index is 177. The van der Waals surface area contributed by atoms with E-state index >= 15 is 0 Å². The monoisotopic (exact) mass is 170 g/mol. The maximum atomic E-state index is 8.48. The van der Waals surface area contributed by atoms with Gasteiger partial charge in [-0.15, -0.1) is 0 Å². The number of oxime groups is 1. The Kier molecular flexibility index (Phi) is 2.60. The molecule has 0 aromatic carbocycles. The summed E-state index contributed by atoms with van der Waals surface area (Å²) < 4.78 is 0. The Labute approximate surface area is 73.6 Å². The summed E-state index contributed by atoms with van der Waals surface area (Å²) in [5.74, 6) is 0.716. The molecule has 0 heterocycles. The van der Waals surface area contributed by atoms with E-state index in [1.165, 1.54) is 12.8 Å². The lowest BCUT2D eigenvalue weighted by Gasteiger charge is -2.33. The Morgan fingerprint density at radius 3 is 2.33 bits per heavy atom. The highest BCUT2D eigenvalue weighted by molar-refractivity contribution is 5.82. The number of nitrogens with zero attached hydrogens (tertiary/aromatic N) is 1. The van der Waals surface area contributed by atoms with Crippen LogP contribution in [0.15, 0.2) is 5.16 Å². The Balaban J connectivity index is 2.47. The SMILES string of the molecule is CC1(C)CCC(/C(N)=N/O)CC1. The molecular weight excluding hydrogens is 152 g/mol. The average molecular weight is 170 g/mol. The number of hydrogen-bond acceptors (Lipinski definition) is 2. The molecule has 0 atom stereocenters. The van der Waals surface area contributed by atoms with E-state index < -0.39 is 0 Å². The van der Waals surface area contributed by atoms with E-state index in [4.69, 9.17) is 10.9 Å². The van der Waals surface area contributed by atoms with Crippen molar-refractivity contribution in [3.05, 3.63) is 0 Å². The van der Waals surface area contributed by atoms with Crippen molar-refractivity contribution in [1.29, 1.82) is 0 Å². The number of hydrogen-bond donors (Lipinski definition) is 2. The van der Waals surface area contributed by atoms with Crippen LogP contribution in [-0.2, 0) is 0 Å². The molecule has 0 bridgehead atoms. The van der Waals surface area contributed by atoms with Crippen LogP contribution in [-0.4, -0.2) is 11.0 Å². The second kappa shape index (κ2) is 3.33. The van der Waals surface area contributed by atoms with Crippen molar-refractivity contribution in [3.8, 4) is 0 Å². The molecule has 0 amide bonds. The first kappa shape index (κ1) is 9.36. The van der Waals surface area contributed by atoms with Gasteiger partial charge in [-0.25, -0.2) is 0 Å². The van der Waals surface area contributed by atoms with Crippen molar-refractivity contribution in [2.24, 2.45) is 22.2 Å². The molecule has 0 unspecified atom stereocenters. The predicted molar refractivity (Wildman–Crippen MR) is 49.1 cm³/mol. The molecule has 3 N–H and O–H groups in total. The topological polar surface area (TPSA) is 58.6 Å². The lowest BCUT2D eigenvalue weighted by atomic mass is 9.73. The van der Waals surface area contributed by atoms with Crippen LogP contribution in [0.2, 0.25) is 0 Å². The largest absolute Gasteiger partial charge is 0.409 e. The van der Waals surface area contributed by atoms with Gasteiger partial charge >= 0.3 is 0 Å². The molecular formula is C9H18N2O. The molecule has 70 valence electrons. The van der Waals surface area contributed by atoms with E-state index in [1.54, 1.807) is 0 Å². The minimum Gasteiger partial charge on any atom is -0.409 e. The standard InChI is InChI=1S/C9H18N2O/c1-9(2)5-3-7(4-6-9)8(10)11-12/h7,12H,3-6H2,1-2H3,(H2,10,11). The van der Waals surface area contributed by atoms with Crippen LogP contribution in [0.4, 0.5) is 0 Å². The van der Waals surface area contributed by atoms with Gasteiger partial charge in [0.25, 0.3) is 0 Å². The Morgan fingerprint density at radius 1 is 1.42 bits per heavy atom. The summed E-state index contributed by atoms with van der Waals surface area (Å²) in [7, 11) is 0. The molecule has 12 heavy (non-hydrogen) atoms. The van der Waals surface area contributed by atoms with Crippen molar-refractivity contribution in [1.82, 2.24) is 0 Å². The molecule has 1 aliphatic carbocycles. The fraction of sp³-hybridized carbons (Fsp3) is 0.889. The summed E-state index contributed by atoms with van der Waals surface area (Å²) >= 11 is 0. The highest BCUT2D eigenvalue weighted by Crippen LogP contribution is 2.37. The number of nitrogens with two attached hydrogens (primary N) is 1.